The van der Waals surface area contributed by atoms with E-state index in [0.717, 1.165) is 33.6 Å². The Hall–Kier alpha value is -3.92. The molecule has 4 aromatic rings. The summed E-state index contributed by atoms with van der Waals surface area (Å²) in [5.74, 6) is 0.302. The Morgan fingerprint density at radius 1 is 1.03 bits per heavy atom. The standard InChI is InChI=1S/C24H25N5O4S/c1-15-4-10-20(11-5-15)34(32,33)28(24(30)31)13-12-18-6-8-19(9-7-18)29-22-21(27-23(29)25)16(2)14-17(3)26-22/h4-11,14H,12-13H2,1-3H3,(H2,25,27)(H,30,31)/p-1. The molecule has 0 spiro atoms. The van der Waals surface area contributed by atoms with Crippen LogP contribution in [0.3, 0.4) is 0 Å². The Balaban J connectivity index is 1.57. The smallest absolute Gasteiger partial charge is 0.265 e. The molecule has 0 aliphatic heterocycles. The number of carbonyl (C=O) groups excluding carboxylic acids is 1. The first-order valence-corrected chi connectivity index (χ1v) is 12.0. The molecule has 0 saturated carbocycles. The third-order valence-electron chi connectivity index (χ3n) is 5.57. The monoisotopic (exact) mass is 478 g/mol. The second kappa shape index (κ2) is 8.79. The highest BCUT2D eigenvalue weighted by Gasteiger charge is 2.24. The number of anilines is 1. The molecular weight excluding hydrogens is 454 g/mol. The van der Waals surface area contributed by atoms with E-state index in [4.69, 9.17) is 5.73 Å². The first-order chi connectivity index (χ1) is 16.1. The minimum atomic E-state index is -4.23. The van der Waals surface area contributed by atoms with E-state index >= 15 is 0 Å². The van der Waals surface area contributed by atoms with Gasteiger partial charge in [0.15, 0.2) is 11.7 Å². The molecule has 0 saturated heterocycles. The van der Waals surface area contributed by atoms with Crippen molar-refractivity contribution in [3.8, 4) is 5.69 Å². The number of pyridine rings is 1. The van der Waals surface area contributed by atoms with Crippen LogP contribution in [0.5, 0.6) is 0 Å². The summed E-state index contributed by atoms with van der Waals surface area (Å²) < 4.78 is 27.7. The number of benzene rings is 2. The van der Waals surface area contributed by atoms with Crippen molar-refractivity contribution in [1.82, 2.24) is 18.8 Å². The molecule has 0 aliphatic rings. The molecular formula is C24H24N5O4S-. The molecule has 2 aromatic carbocycles. The molecule has 9 nitrogen and oxygen atoms in total. The van der Waals surface area contributed by atoms with E-state index in [-0.39, 0.29) is 17.9 Å². The largest absolute Gasteiger partial charge is 0.529 e. The number of nitrogen functional groups attached to an aromatic ring is 1. The van der Waals surface area contributed by atoms with Crippen molar-refractivity contribution in [3.05, 3.63) is 77.0 Å². The summed E-state index contributed by atoms with van der Waals surface area (Å²) in [5, 5.41) is 11.6. The maximum atomic E-state index is 12.8. The van der Waals surface area contributed by atoms with Gasteiger partial charge in [0, 0.05) is 12.2 Å². The number of carbonyl (C=O) groups is 1. The van der Waals surface area contributed by atoms with Crippen molar-refractivity contribution in [2.75, 3.05) is 12.3 Å². The van der Waals surface area contributed by atoms with Gasteiger partial charge in [-0.05, 0) is 68.7 Å². The number of nitrogens with two attached hydrogens (primary N) is 1. The average molecular weight is 479 g/mol. The highest BCUT2D eigenvalue weighted by molar-refractivity contribution is 7.89. The predicted molar refractivity (Wildman–Crippen MR) is 127 cm³/mol. The van der Waals surface area contributed by atoms with E-state index in [2.05, 4.69) is 9.97 Å². The van der Waals surface area contributed by atoms with Crippen molar-refractivity contribution in [2.45, 2.75) is 32.1 Å². The van der Waals surface area contributed by atoms with Crippen LogP contribution in [0.25, 0.3) is 16.9 Å². The normalized spacial score (nSPS) is 11.6. The lowest BCUT2D eigenvalue weighted by atomic mass is 10.1. The summed E-state index contributed by atoms with van der Waals surface area (Å²) in [6.07, 6.45) is -1.60. The SMILES string of the molecule is Cc1ccc(S(=O)(=O)N(CCc2ccc(-n3c(N)nc4c(C)cc(C)nc43)cc2)C(=O)[O-])cc1. The molecule has 2 N–H and O–H groups in total. The summed E-state index contributed by atoms with van der Waals surface area (Å²) in [6.45, 7) is 5.39. The number of nitrogens with zero attached hydrogens (tertiary/aromatic N) is 4. The maximum absolute atomic E-state index is 12.8. The van der Waals surface area contributed by atoms with Crippen molar-refractivity contribution in [3.63, 3.8) is 0 Å². The third-order valence-corrected chi connectivity index (χ3v) is 7.35. The van der Waals surface area contributed by atoms with E-state index in [0.29, 0.717) is 15.9 Å². The third kappa shape index (κ3) is 4.32. The average Bonchev–Trinajstić information content (AvgIpc) is 3.10. The van der Waals surface area contributed by atoms with Crippen LogP contribution >= 0.6 is 0 Å². The van der Waals surface area contributed by atoms with Crippen LogP contribution in [0.2, 0.25) is 0 Å². The second-order valence-corrected chi connectivity index (χ2v) is 9.99. The summed E-state index contributed by atoms with van der Waals surface area (Å²) in [7, 11) is -4.23. The molecule has 4 rings (SSSR count). The molecule has 0 bridgehead atoms. The van der Waals surface area contributed by atoms with Crippen LogP contribution in [-0.2, 0) is 16.4 Å². The van der Waals surface area contributed by atoms with E-state index in [1.165, 1.54) is 12.1 Å². The van der Waals surface area contributed by atoms with E-state index in [1.54, 1.807) is 28.8 Å². The molecule has 34 heavy (non-hydrogen) atoms. The molecule has 10 heteroatoms. The Labute approximate surface area is 197 Å². The number of amides is 1. The van der Waals surface area contributed by atoms with Gasteiger partial charge in [-0.2, -0.15) is 0 Å². The number of hydrogen-bond donors (Lipinski definition) is 1. The van der Waals surface area contributed by atoms with Crippen LogP contribution in [0.15, 0.2) is 59.5 Å². The van der Waals surface area contributed by atoms with Crippen LogP contribution < -0.4 is 10.8 Å². The number of aromatic nitrogens is 3. The molecule has 0 aliphatic carbocycles. The van der Waals surface area contributed by atoms with Gasteiger partial charge in [-0.3, -0.25) is 8.87 Å². The molecule has 176 valence electrons. The van der Waals surface area contributed by atoms with E-state index in [1.807, 2.05) is 39.0 Å². The summed E-state index contributed by atoms with van der Waals surface area (Å²) in [5.41, 5.74) is 11.7. The molecule has 2 aromatic heterocycles. The van der Waals surface area contributed by atoms with Gasteiger partial charge >= 0.3 is 0 Å². The molecule has 0 atom stereocenters. The molecule has 0 radical (unpaired) electrons. The Kier molecular flexibility index (Phi) is 6.01. The van der Waals surface area contributed by atoms with Gasteiger partial charge in [-0.15, -0.1) is 0 Å². The summed E-state index contributed by atoms with van der Waals surface area (Å²) >= 11 is 0. The number of aryl methyl sites for hydroxylation is 3. The fourth-order valence-electron chi connectivity index (χ4n) is 3.82. The van der Waals surface area contributed by atoms with Gasteiger partial charge in [0.1, 0.15) is 5.52 Å². The van der Waals surface area contributed by atoms with E-state index in [9.17, 15) is 18.3 Å². The second-order valence-electron chi connectivity index (χ2n) is 8.13. The summed E-state index contributed by atoms with van der Waals surface area (Å²) in [6, 6.07) is 15.1. The highest BCUT2D eigenvalue weighted by atomic mass is 32.2. The molecule has 0 fully saturated rings. The number of rotatable bonds is 6. The lowest BCUT2D eigenvalue weighted by molar-refractivity contribution is -0.259. The number of sulfonamides is 1. The quantitative estimate of drug-likeness (QED) is 0.450. The van der Waals surface area contributed by atoms with Crippen molar-refractivity contribution in [2.24, 2.45) is 0 Å². The summed E-state index contributed by atoms with van der Waals surface area (Å²) in [4.78, 5) is 20.5. The van der Waals surface area contributed by atoms with Gasteiger partial charge in [0.25, 0.3) is 10.0 Å². The minimum Gasteiger partial charge on any atom is -0.529 e. The minimum absolute atomic E-state index is 0.0989. The first kappa shape index (κ1) is 23.2. The van der Waals surface area contributed by atoms with Crippen LogP contribution in [-0.4, -0.2) is 39.9 Å². The van der Waals surface area contributed by atoms with Gasteiger partial charge in [0.05, 0.1) is 10.6 Å². The lowest BCUT2D eigenvalue weighted by Gasteiger charge is -2.24. The van der Waals surface area contributed by atoms with E-state index < -0.39 is 16.1 Å². The zero-order valence-corrected chi connectivity index (χ0v) is 19.8. The zero-order chi connectivity index (χ0) is 24.6. The van der Waals surface area contributed by atoms with Crippen molar-refractivity contribution in [1.29, 1.82) is 0 Å². The van der Waals surface area contributed by atoms with Crippen LogP contribution in [0.1, 0.15) is 22.4 Å². The van der Waals surface area contributed by atoms with Crippen molar-refractivity contribution < 1.29 is 18.3 Å². The van der Waals surface area contributed by atoms with Crippen molar-refractivity contribution >= 4 is 33.2 Å². The topological polar surface area (TPSA) is 134 Å². The molecule has 2 heterocycles. The van der Waals surface area contributed by atoms with Gasteiger partial charge in [-0.25, -0.2) is 18.4 Å². The number of hydrogen-bond acceptors (Lipinski definition) is 7. The Bertz CT molecular complexity index is 1480. The van der Waals surface area contributed by atoms with Crippen LogP contribution in [0.4, 0.5) is 10.7 Å². The maximum Gasteiger partial charge on any atom is 0.265 e. The zero-order valence-electron chi connectivity index (χ0n) is 19.0. The first-order valence-electron chi connectivity index (χ1n) is 10.6. The Morgan fingerprint density at radius 2 is 1.68 bits per heavy atom. The molecule has 0 unspecified atom stereocenters. The number of fused-ring (bicyclic) bond motifs is 1. The highest BCUT2D eigenvalue weighted by Crippen LogP contribution is 2.25. The van der Waals surface area contributed by atoms with Gasteiger partial charge < -0.3 is 15.6 Å². The fourth-order valence-corrected chi connectivity index (χ4v) is 5.08. The fraction of sp³-hybridized carbons (Fsp3) is 0.208. The van der Waals surface area contributed by atoms with Gasteiger partial charge in [0.2, 0.25) is 5.95 Å². The number of carboxylic acid groups (broad SMARTS) is 1. The Morgan fingerprint density at radius 3 is 2.29 bits per heavy atom. The molecule has 1 amide bonds. The van der Waals surface area contributed by atoms with Gasteiger partial charge in [-0.1, -0.05) is 29.8 Å². The van der Waals surface area contributed by atoms with Crippen LogP contribution in [0, 0.1) is 20.8 Å². The predicted octanol–water partition coefficient (Wildman–Crippen LogP) is 2.50. The lowest BCUT2D eigenvalue weighted by Crippen LogP contribution is -2.45. The number of imidazole rings is 1.